The van der Waals surface area contributed by atoms with E-state index in [1.807, 2.05) is 6.07 Å². The number of morpholine rings is 1. The van der Waals surface area contributed by atoms with Crippen molar-refractivity contribution in [3.05, 3.63) is 30.1 Å². The maximum absolute atomic E-state index is 5.63. The van der Waals surface area contributed by atoms with Crippen LogP contribution in [0.25, 0.3) is 5.65 Å². The van der Waals surface area contributed by atoms with Gasteiger partial charge in [-0.2, -0.15) is 0 Å². The Morgan fingerprint density at radius 2 is 2.35 bits per heavy atom. The molecule has 0 bridgehead atoms. The molecule has 3 heterocycles. The van der Waals surface area contributed by atoms with Gasteiger partial charge < -0.3 is 19.4 Å². The highest BCUT2D eigenvalue weighted by molar-refractivity contribution is 5.56. The standard InChI is InChI=1S/C15H22N4O/c1-3-16-10-13-15(18-8-9-20-12(2)11-18)17-14-6-4-5-7-19(13)14/h4-7,12,16H,3,8-11H2,1-2H3. The van der Waals surface area contributed by atoms with Crippen LogP contribution in [0, 0.1) is 0 Å². The number of pyridine rings is 1. The topological polar surface area (TPSA) is 41.8 Å². The second kappa shape index (κ2) is 5.81. The SMILES string of the molecule is CCNCc1c(N2CCOC(C)C2)nc2ccccn12. The molecule has 1 saturated heterocycles. The van der Waals surface area contributed by atoms with Gasteiger partial charge in [-0.05, 0) is 25.6 Å². The van der Waals surface area contributed by atoms with Gasteiger partial charge in [0.25, 0.3) is 0 Å². The van der Waals surface area contributed by atoms with Crippen LogP contribution in [0.15, 0.2) is 24.4 Å². The minimum absolute atomic E-state index is 0.264. The van der Waals surface area contributed by atoms with Crippen molar-refractivity contribution >= 4 is 11.5 Å². The van der Waals surface area contributed by atoms with Crippen molar-refractivity contribution in [2.24, 2.45) is 0 Å². The molecule has 0 saturated carbocycles. The molecule has 3 rings (SSSR count). The quantitative estimate of drug-likeness (QED) is 0.921. The average molecular weight is 274 g/mol. The normalized spacial score (nSPS) is 19.7. The van der Waals surface area contributed by atoms with Crippen molar-refractivity contribution in [3.8, 4) is 0 Å². The summed E-state index contributed by atoms with van der Waals surface area (Å²) in [6, 6.07) is 6.14. The highest BCUT2D eigenvalue weighted by atomic mass is 16.5. The fourth-order valence-corrected chi connectivity index (χ4v) is 2.71. The summed E-state index contributed by atoms with van der Waals surface area (Å²) < 4.78 is 7.81. The molecule has 5 nitrogen and oxygen atoms in total. The number of anilines is 1. The van der Waals surface area contributed by atoms with Crippen LogP contribution < -0.4 is 10.2 Å². The maximum atomic E-state index is 5.63. The first kappa shape index (κ1) is 13.4. The van der Waals surface area contributed by atoms with Crippen LogP contribution >= 0.6 is 0 Å². The molecule has 20 heavy (non-hydrogen) atoms. The molecular formula is C15H22N4O. The molecule has 1 fully saturated rings. The van der Waals surface area contributed by atoms with Crippen LogP contribution in [-0.2, 0) is 11.3 Å². The maximum Gasteiger partial charge on any atom is 0.152 e. The van der Waals surface area contributed by atoms with Gasteiger partial charge in [-0.25, -0.2) is 4.98 Å². The monoisotopic (exact) mass is 274 g/mol. The Balaban J connectivity index is 1.99. The van der Waals surface area contributed by atoms with E-state index >= 15 is 0 Å². The number of nitrogens with zero attached hydrogens (tertiary/aromatic N) is 3. The number of aromatic nitrogens is 2. The summed E-state index contributed by atoms with van der Waals surface area (Å²) in [6.45, 7) is 8.62. The molecule has 0 aromatic carbocycles. The fourth-order valence-electron chi connectivity index (χ4n) is 2.71. The van der Waals surface area contributed by atoms with Crippen molar-refractivity contribution in [3.63, 3.8) is 0 Å². The van der Waals surface area contributed by atoms with E-state index < -0.39 is 0 Å². The van der Waals surface area contributed by atoms with Crippen LogP contribution in [0.1, 0.15) is 19.5 Å². The molecular weight excluding hydrogens is 252 g/mol. The summed E-state index contributed by atoms with van der Waals surface area (Å²) in [5.41, 5.74) is 2.24. The molecule has 0 spiro atoms. The van der Waals surface area contributed by atoms with Gasteiger partial charge in [0.2, 0.25) is 0 Å². The minimum Gasteiger partial charge on any atom is -0.375 e. The molecule has 0 radical (unpaired) electrons. The first-order chi connectivity index (χ1) is 9.79. The van der Waals surface area contributed by atoms with Gasteiger partial charge in [0, 0.05) is 25.8 Å². The summed E-state index contributed by atoms with van der Waals surface area (Å²) in [6.07, 6.45) is 2.35. The number of ether oxygens (including phenoxy) is 1. The summed E-state index contributed by atoms with van der Waals surface area (Å²) in [4.78, 5) is 7.16. The molecule has 2 aromatic heterocycles. The van der Waals surface area contributed by atoms with Crippen LogP contribution in [0.2, 0.25) is 0 Å². The third-order valence-electron chi connectivity index (χ3n) is 3.69. The molecule has 5 heteroatoms. The first-order valence-corrected chi connectivity index (χ1v) is 7.33. The molecule has 1 N–H and O–H groups in total. The molecule has 0 aliphatic carbocycles. The van der Waals surface area contributed by atoms with E-state index in [1.165, 1.54) is 5.69 Å². The molecule has 1 atom stereocenters. The molecule has 1 unspecified atom stereocenters. The highest BCUT2D eigenvalue weighted by Crippen LogP contribution is 2.23. The lowest BCUT2D eigenvalue weighted by Gasteiger charge is -2.32. The second-order valence-corrected chi connectivity index (χ2v) is 5.22. The third-order valence-corrected chi connectivity index (χ3v) is 3.69. The summed E-state index contributed by atoms with van der Waals surface area (Å²) >= 11 is 0. The largest absolute Gasteiger partial charge is 0.375 e. The number of imidazole rings is 1. The van der Waals surface area contributed by atoms with Gasteiger partial charge >= 0.3 is 0 Å². The van der Waals surface area contributed by atoms with Crippen molar-refractivity contribution in [2.45, 2.75) is 26.5 Å². The third kappa shape index (κ3) is 2.51. The minimum atomic E-state index is 0.264. The first-order valence-electron chi connectivity index (χ1n) is 7.33. The molecule has 2 aromatic rings. The van der Waals surface area contributed by atoms with Crippen molar-refractivity contribution in [2.75, 3.05) is 31.1 Å². The lowest BCUT2D eigenvalue weighted by Crippen LogP contribution is -2.42. The number of rotatable bonds is 4. The number of hydrogen-bond acceptors (Lipinski definition) is 4. The van der Waals surface area contributed by atoms with E-state index in [-0.39, 0.29) is 6.10 Å². The zero-order valence-electron chi connectivity index (χ0n) is 12.2. The van der Waals surface area contributed by atoms with Gasteiger partial charge in [-0.1, -0.05) is 13.0 Å². The van der Waals surface area contributed by atoms with E-state index in [0.29, 0.717) is 0 Å². The Labute approximate surface area is 119 Å². The van der Waals surface area contributed by atoms with Gasteiger partial charge in [0.05, 0.1) is 18.4 Å². The summed E-state index contributed by atoms with van der Waals surface area (Å²) in [5.74, 6) is 1.09. The van der Waals surface area contributed by atoms with E-state index in [2.05, 4.69) is 46.8 Å². The Kier molecular flexibility index (Phi) is 3.89. The Morgan fingerprint density at radius 1 is 1.45 bits per heavy atom. The Bertz CT molecular complexity index is 580. The van der Waals surface area contributed by atoms with Crippen LogP contribution in [0.4, 0.5) is 5.82 Å². The molecule has 0 amide bonds. The predicted molar refractivity (Wildman–Crippen MR) is 80.2 cm³/mol. The lowest BCUT2D eigenvalue weighted by molar-refractivity contribution is 0.0529. The zero-order valence-corrected chi connectivity index (χ0v) is 12.2. The van der Waals surface area contributed by atoms with Crippen LogP contribution in [0.5, 0.6) is 0 Å². The van der Waals surface area contributed by atoms with Gasteiger partial charge in [-0.3, -0.25) is 0 Å². The predicted octanol–water partition coefficient (Wildman–Crippen LogP) is 1.67. The van der Waals surface area contributed by atoms with Gasteiger partial charge in [-0.15, -0.1) is 0 Å². The number of fused-ring (bicyclic) bond motifs is 1. The van der Waals surface area contributed by atoms with Crippen LogP contribution in [-0.4, -0.2) is 41.7 Å². The van der Waals surface area contributed by atoms with Crippen molar-refractivity contribution < 1.29 is 4.74 Å². The van der Waals surface area contributed by atoms with E-state index in [4.69, 9.17) is 9.72 Å². The van der Waals surface area contributed by atoms with Crippen molar-refractivity contribution in [1.82, 2.24) is 14.7 Å². The van der Waals surface area contributed by atoms with Crippen LogP contribution in [0.3, 0.4) is 0 Å². The molecule has 1 aliphatic rings. The highest BCUT2D eigenvalue weighted by Gasteiger charge is 2.22. The number of nitrogens with one attached hydrogen (secondary N) is 1. The second-order valence-electron chi connectivity index (χ2n) is 5.22. The smallest absolute Gasteiger partial charge is 0.152 e. The van der Waals surface area contributed by atoms with E-state index in [0.717, 1.165) is 44.3 Å². The molecule has 1 aliphatic heterocycles. The Morgan fingerprint density at radius 3 is 3.15 bits per heavy atom. The lowest BCUT2D eigenvalue weighted by atomic mass is 10.3. The summed E-state index contributed by atoms with van der Waals surface area (Å²) in [7, 11) is 0. The van der Waals surface area contributed by atoms with Gasteiger partial charge in [0.1, 0.15) is 5.65 Å². The van der Waals surface area contributed by atoms with E-state index in [9.17, 15) is 0 Å². The molecule has 108 valence electrons. The van der Waals surface area contributed by atoms with Gasteiger partial charge in [0.15, 0.2) is 5.82 Å². The van der Waals surface area contributed by atoms with E-state index in [1.54, 1.807) is 0 Å². The average Bonchev–Trinajstić information content (AvgIpc) is 2.84. The number of hydrogen-bond donors (Lipinski definition) is 1. The summed E-state index contributed by atoms with van der Waals surface area (Å²) in [5, 5.41) is 3.41. The zero-order chi connectivity index (χ0) is 13.9. The Hall–Kier alpha value is -1.59. The fraction of sp³-hybridized carbons (Fsp3) is 0.533. The van der Waals surface area contributed by atoms with Crippen molar-refractivity contribution in [1.29, 1.82) is 0 Å².